The molecule has 0 aromatic heterocycles. The van der Waals surface area contributed by atoms with Crippen LogP contribution < -0.4 is 5.32 Å². The van der Waals surface area contributed by atoms with Gasteiger partial charge in [-0.1, -0.05) is 31.1 Å². The van der Waals surface area contributed by atoms with E-state index in [1.165, 1.54) is 24.0 Å². The van der Waals surface area contributed by atoms with Crippen LogP contribution in [0.4, 0.5) is 0 Å². The average molecular weight is 554 g/mol. The van der Waals surface area contributed by atoms with Crippen molar-refractivity contribution in [3.05, 3.63) is 23.3 Å². The Labute approximate surface area is 238 Å². The number of Topliss-reactive ketones (excluding diaryl/α,β-unsaturated/α-hetero) is 1. The lowest BCUT2D eigenvalue weighted by Crippen LogP contribution is -2.58. The van der Waals surface area contributed by atoms with E-state index in [1.807, 2.05) is 6.08 Å². The van der Waals surface area contributed by atoms with Crippen LogP contribution in [0, 0.1) is 28.6 Å². The first kappa shape index (κ1) is 29.2. The molecule has 220 valence electrons. The van der Waals surface area contributed by atoms with Crippen molar-refractivity contribution in [2.75, 3.05) is 13.2 Å². The number of carbonyl (C=O) groups excluding carboxylic acids is 4. The van der Waals surface area contributed by atoms with Gasteiger partial charge in [0.25, 0.3) is 0 Å². The maximum atomic E-state index is 13.4. The summed E-state index contributed by atoms with van der Waals surface area (Å²) >= 11 is 0. The van der Waals surface area contributed by atoms with Gasteiger partial charge in [-0.25, -0.2) is 0 Å². The van der Waals surface area contributed by atoms with Crippen LogP contribution in [0.2, 0.25) is 0 Å². The van der Waals surface area contributed by atoms with E-state index in [9.17, 15) is 24.3 Å². The number of esters is 1. The molecule has 5 aliphatic carbocycles. The Balaban J connectivity index is 1.11. The van der Waals surface area contributed by atoms with Gasteiger partial charge in [0.05, 0.1) is 6.42 Å². The molecule has 2 N–H and O–H groups in total. The quantitative estimate of drug-likeness (QED) is 0.302. The number of hydrogen-bond donors (Lipinski definition) is 2. The fourth-order valence-corrected chi connectivity index (χ4v) is 9.17. The summed E-state index contributed by atoms with van der Waals surface area (Å²) in [6.45, 7) is 4.51. The van der Waals surface area contributed by atoms with Gasteiger partial charge in [-0.15, -0.1) is 0 Å². The van der Waals surface area contributed by atoms with E-state index in [1.54, 1.807) is 0 Å². The third-order valence-corrected chi connectivity index (χ3v) is 11.6. The highest BCUT2D eigenvalue weighted by Gasteiger charge is 2.66. The molecule has 0 radical (unpaired) electrons. The molecular formula is C33H47NO6. The number of aliphatic hydroxyl groups is 1. The molecule has 0 saturated heterocycles. The van der Waals surface area contributed by atoms with Gasteiger partial charge in [-0.05, 0) is 106 Å². The van der Waals surface area contributed by atoms with Crippen molar-refractivity contribution >= 4 is 23.4 Å². The summed E-state index contributed by atoms with van der Waals surface area (Å²) in [6, 6.07) is 0. The van der Waals surface area contributed by atoms with E-state index >= 15 is 0 Å². The third kappa shape index (κ3) is 5.35. The number of ether oxygens (including phenoxy) is 1. The van der Waals surface area contributed by atoms with Gasteiger partial charge in [0.2, 0.25) is 11.7 Å². The Morgan fingerprint density at radius 3 is 2.58 bits per heavy atom. The van der Waals surface area contributed by atoms with Crippen LogP contribution in [0.1, 0.15) is 110 Å². The largest absolute Gasteiger partial charge is 0.458 e. The van der Waals surface area contributed by atoms with E-state index in [0.717, 1.165) is 57.8 Å². The Morgan fingerprint density at radius 2 is 1.80 bits per heavy atom. The van der Waals surface area contributed by atoms with E-state index in [0.29, 0.717) is 31.2 Å². The molecule has 7 heteroatoms. The Kier molecular flexibility index (Phi) is 8.43. The summed E-state index contributed by atoms with van der Waals surface area (Å²) in [4.78, 5) is 50.0. The average Bonchev–Trinajstić information content (AvgIpc) is 3.23. The number of rotatable bonds is 9. The van der Waals surface area contributed by atoms with Crippen LogP contribution in [0.15, 0.2) is 23.3 Å². The molecule has 0 aromatic carbocycles. The van der Waals surface area contributed by atoms with Crippen molar-refractivity contribution in [3.63, 3.8) is 0 Å². The fourth-order valence-electron chi connectivity index (χ4n) is 9.17. The molecule has 3 fully saturated rings. The zero-order valence-corrected chi connectivity index (χ0v) is 24.4. The Morgan fingerprint density at radius 1 is 1.00 bits per heavy atom. The number of ketones is 2. The first-order valence-corrected chi connectivity index (χ1v) is 15.7. The van der Waals surface area contributed by atoms with Crippen molar-refractivity contribution in [3.8, 4) is 0 Å². The summed E-state index contributed by atoms with van der Waals surface area (Å²) in [5, 5.41) is 14.7. The van der Waals surface area contributed by atoms with E-state index in [4.69, 9.17) is 4.74 Å². The van der Waals surface area contributed by atoms with Gasteiger partial charge in [-0.3, -0.25) is 19.2 Å². The Bertz CT molecular complexity index is 1110. The van der Waals surface area contributed by atoms with Gasteiger partial charge < -0.3 is 15.2 Å². The molecule has 5 rings (SSSR count). The molecule has 0 spiro atoms. The second-order valence-electron chi connectivity index (χ2n) is 13.6. The molecule has 0 unspecified atom stereocenters. The summed E-state index contributed by atoms with van der Waals surface area (Å²) in [6.07, 6.45) is 15.9. The smallest absolute Gasteiger partial charge is 0.306 e. The van der Waals surface area contributed by atoms with Gasteiger partial charge in [-0.2, -0.15) is 0 Å². The van der Waals surface area contributed by atoms with Crippen molar-refractivity contribution in [2.45, 2.75) is 116 Å². The van der Waals surface area contributed by atoms with Gasteiger partial charge in [0.1, 0.15) is 5.60 Å². The zero-order chi connectivity index (χ0) is 28.5. The van der Waals surface area contributed by atoms with Crippen molar-refractivity contribution in [1.29, 1.82) is 0 Å². The van der Waals surface area contributed by atoms with Crippen molar-refractivity contribution in [1.82, 2.24) is 5.32 Å². The van der Waals surface area contributed by atoms with Crippen LogP contribution in [0.5, 0.6) is 0 Å². The monoisotopic (exact) mass is 553 g/mol. The number of nitrogens with one attached hydrogen (secondary N) is 1. The molecule has 40 heavy (non-hydrogen) atoms. The second-order valence-corrected chi connectivity index (χ2v) is 13.6. The normalized spacial score (nSPS) is 36.9. The summed E-state index contributed by atoms with van der Waals surface area (Å²) in [5.74, 6) is 0.181. The molecule has 0 aromatic rings. The summed E-state index contributed by atoms with van der Waals surface area (Å²) in [7, 11) is 0. The topological polar surface area (TPSA) is 110 Å². The van der Waals surface area contributed by atoms with Crippen LogP contribution in [-0.4, -0.2) is 47.3 Å². The van der Waals surface area contributed by atoms with E-state index < -0.39 is 29.4 Å². The molecule has 0 bridgehead atoms. The number of allylic oxidation sites excluding steroid dienone is 2. The lowest BCUT2D eigenvalue weighted by molar-refractivity contribution is -0.170. The minimum Gasteiger partial charge on any atom is -0.458 e. The summed E-state index contributed by atoms with van der Waals surface area (Å²) in [5.41, 5.74) is 0.683. The van der Waals surface area contributed by atoms with Crippen LogP contribution in [0.25, 0.3) is 0 Å². The molecule has 3 saturated carbocycles. The molecule has 0 aliphatic heterocycles. The number of fused-ring (bicyclic) bond motifs is 5. The highest BCUT2D eigenvalue weighted by molar-refractivity contribution is 5.92. The number of carbonyl (C=O) groups is 4. The second kappa shape index (κ2) is 11.5. The number of hydrogen-bond acceptors (Lipinski definition) is 6. The number of amides is 1. The van der Waals surface area contributed by atoms with Crippen LogP contribution >= 0.6 is 0 Å². The first-order valence-electron chi connectivity index (χ1n) is 15.7. The van der Waals surface area contributed by atoms with Crippen molar-refractivity contribution in [2.24, 2.45) is 28.6 Å². The molecule has 6 atom stereocenters. The standard InChI is InChI=1S/C33H47NO6/c1-31-16-12-24(35)20-23(31)8-9-25-26(31)13-17-32(2)27(25)14-18-33(32,39)28(36)21-40-30(38)11-10-29(37)34-19-15-22-6-4-3-5-7-22/h6,20,25-27,39H,3-5,7-19,21H2,1-2H3,(H,34,37)/t25-,26-,27-,31+,32+,33+/m1/s1. The predicted molar refractivity (Wildman–Crippen MR) is 151 cm³/mol. The first-order chi connectivity index (χ1) is 19.1. The lowest BCUT2D eigenvalue weighted by Gasteiger charge is -2.58. The van der Waals surface area contributed by atoms with E-state index in [-0.39, 0.29) is 35.9 Å². The molecule has 5 aliphatic rings. The maximum absolute atomic E-state index is 13.4. The minimum atomic E-state index is -1.51. The zero-order valence-electron chi connectivity index (χ0n) is 24.4. The van der Waals surface area contributed by atoms with Gasteiger partial charge in [0, 0.05) is 24.8 Å². The maximum Gasteiger partial charge on any atom is 0.306 e. The highest BCUT2D eigenvalue weighted by atomic mass is 16.5. The van der Waals surface area contributed by atoms with Crippen molar-refractivity contribution < 1.29 is 29.0 Å². The fraction of sp³-hybridized carbons (Fsp3) is 0.758. The summed E-state index contributed by atoms with van der Waals surface area (Å²) < 4.78 is 5.28. The van der Waals surface area contributed by atoms with E-state index in [2.05, 4.69) is 25.2 Å². The molecular weight excluding hydrogens is 506 g/mol. The third-order valence-electron chi connectivity index (χ3n) is 11.6. The Hall–Kier alpha value is -2.28. The SMILES string of the molecule is C[C@]12CCC(=O)C=C1CC[C@@H]1[C@H]2CC[C@@]2(C)[C@@H]1CC[C@]2(O)C(=O)COC(=O)CCC(=O)NCCC1=CCCCC1. The molecule has 0 heterocycles. The minimum absolute atomic E-state index is 0.0278. The lowest BCUT2D eigenvalue weighted by atomic mass is 9.46. The predicted octanol–water partition coefficient (Wildman–Crippen LogP) is 5.15. The van der Waals surface area contributed by atoms with Crippen LogP contribution in [-0.2, 0) is 23.9 Å². The van der Waals surface area contributed by atoms with Crippen LogP contribution in [0.3, 0.4) is 0 Å². The van der Waals surface area contributed by atoms with Gasteiger partial charge >= 0.3 is 5.97 Å². The van der Waals surface area contributed by atoms with Gasteiger partial charge in [0.15, 0.2) is 12.4 Å². The highest BCUT2D eigenvalue weighted by Crippen LogP contribution is 2.67. The molecule has 1 amide bonds. The molecule has 7 nitrogen and oxygen atoms in total.